The molecule has 1 N–H and O–H groups in total. The van der Waals surface area contributed by atoms with E-state index in [0.29, 0.717) is 11.3 Å². The van der Waals surface area contributed by atoms with Crippen molar-refractivity contribution in [1.82, 2.24) is 4.98 Å². The Balaban J connectivity index is 2.52. The zero-order valence-corrected chi connectivity index (χ0v) is 12.7. The second-order valence-corrected chi connectivity index (χ2v) is 5.36. The minimum atomic E-state index is -1.03. The Labute approximate surface area is 124 Å². The van der Waals surface area contributed by atoms with Gasteiger partial charge in [-0.3, -0.25) is 0 Å². The lowest BCUT2D eigenvalue weighted by Gasteiger charge is -2.15. The third-order valence-electron chi connectivity index (χ3n) is 3.27. The molecule has 0 unspecified atom stereocenters. The molecule has 0 radical (unpaired) electrons. The maximum atomic E-state index is 11.4. The highest BCUT2D eigenvalue weighted by Gasteiger charge is 2.19. The van der Waals surface area contributed by atoms with Gasteiger partial charge in [-0.15, -0.1) is 0 Å². The van der Waals surface area contributed by atoms with Crippen molar-refractivity contribution in [3.8, 4) is 11.6 Å². The van der Waals surface area contributed by atoms with Crippen LogP contribution in [0.5, 0.6) is 11.6 Å². The van der Waals surface area contributed by atoms with E-state index < -0.39 is 5.97 Å². The fraction of sp³-hybridized carbons (Fsp3) is 0.294. The van der Waals surface area contributed by atoms with Gasteiger partial charge in [-0.1, -0.05) is 32.0 Å². The van der Waals surface area contributed by atoms with Gasteiger partial charge in [0.1, 0.15) is 11.3 Å². The first-order valence-corrected chi connectivity index (χ1v) is 6.88. The van der Waals surface area contributed by atoms with E-state index in [1.807, 2.05) is 31.2 Å². The zero-order valence-electron chi connectivity index (χ0n) is 12.7. The summed E-state index contributed by atoms with van der Waals surface area (Å²) in [5.41, 5.74) is 2.51. The Bertz CT molecular complexity index is 678. The smallest absolute Gasteiger partial charge is 0.341 e. The number of aromatic carboxylic acids is 1. The Morgan fingerprint density at radius 3 is 2.52 bits per heavy atom. The van der Waals surface area contributed by atoms with E-state index in [0.717, 1.165) is 11.3 Å². The molecule has 4 nitrogen and oxygen atoms in total. The minimum absolute atomic E-state index is 0.110. The van der Waals surface area contributed by atoms with E-state index in [2.05, 4.69) is 18.8 Å². The van der Waals surface area contributed by atoms with Crippen LogP contribution in [-0.2, 0) is 0 Å². The van der Waals surface area contributed by atoms with Crippen LogP contribution in [0.1, 0.15) is 46.9 Å². The molecule has 2 aromatic rings. The van der Waals surface area contributed by atoms with Crippen molar-refractivity contribution in [2.75, 3.05) is 0 Å². The first kappa shape index (κ1) is 15.0. The van der Waals surface area contributed by atoms with Crippen LogP contribution in [0, 0.1) is 13.8 Å². The van der Waals surface area contributed by atoms with Crippen LogP contribution in [0.15, 0.2) is 30.3 Å². The quantitative estimate of drug-likeness (QED) is 0.909. The predicted octanol–water partition coefficient (Wildman–Crippen LogP) is 4.31. The predicted molar refractivity (Wildman–Crippen MR) is 81.3 cm³/mol. The van der Waals surface area contributed by atoms with Gasteiger partial charge in [0, 0.05) is 5.69 Å². The van der Waals surface area contributed by atoms with Crippen molar-refractivity contribution in [3.63, 3.8) is 0 Å². The van der Waals surface area contributed by atoms with E-state index >= 15 is 0 Å². The van der Waals surface area contributed by atoms with Crippen LogP contribution in [0.4, 0.5) is 0 Å². The molecule has 1 aromatic carbocycles. The number of nitrogens with zero attached hydrogens (tertiary/aromatic N) is 1. The minimum Gasteiger partial charge on any atom is -0.477 e. The van der Waals surface area contributed by atoms with Gasteiger partial charge in [0.15, 0.2) is 0 Å². The van der Waals surface area contributed by atoms with Crippen LogP contribution in [0.3, 0.4) is 0 Å². The van der Waals surface area contributed by atoms with Crippen molar-refractivity contribution in [2.24, 2.45) is 0 Å². The van der Waals surface area contributed by atoms with Gasteiger partial charge in [-0.25, -0.2) is 9.78 Å². The van der Waals surface area contributed by atoms with Crippen molar-refractivity contribution in [3.05, 3.63) is 52.7 Å². The van der Waals surface area contributed by atoms with Gasteiger partial charge in [-0.05, 0) is 43.0 Å². The molecule has 4 heteroatoms. The Morgan fingerprint density at radius 1 is 1.24 bits per heavy atom. The molecule has 0 saturated carbocycles. The molecule has 0 aliphatic carbocycles. The number of rotatable bonds is 4. The summed E-state index contributed by atoms with van der Waals surface area (Å²) in [5, 5.41) is 9.37. The summed E-state index contributed by atoms with van der Waals surface area (Å²) >= 11 is 0. The molecule has 0 bridgehead atoms. The molecule has 0 aliphatic heterocycles. The average Bonchev–Trinajstić information content (AvgIpc) is 2.37. The monoisotopic (exact) mass is 285 g/mol. The number of ether oxygens (including phenoxy) is 1. The summed E-state index contributed by atoms with van der Waals surface area (Å²) in [5.74, 6) is 0.0398. The number of para-hydroxylation sites is 1. The van der Waals surface area contributed by atoms with Gasteiger partial charge in [0.05, 0.1) is 0 Å². The van der Waals surface area contributed by atoms with Gasteiger partial charge >= 0.3 is 5.97 Å². The third kappa shape index (κ3) is 3.21. The summed E-state index contributed by atoms with van der Waals surface area (Å²) in [6.45, 7) is 7.70. The number of hydrogen-bond donors (Lipinski definition) is 1. The summed E-state index contributed by atoms with van der Waals surface area (Å²) < 4.78 is 5.83. The molecule has 21 heavy (non-hydrogen) atoms. The Hall–Kier alpha value is -2.36. The number of carboxylic acid groups (broad SMARTS) is 1. The molecule has 110 valence electrons. The number of pyridine rings is 1. The van der Waals surface area contributed by atoms with Gasteiger partial charge in [-0.2, -0.15) is 0 Å². The maximum Gasteiger partial charge on any atom is 0.341 e. The van der Waals surface area contributed by atoms with Crippen LogP contribution >= 0.6 is 0 Å². The zero-order chi connectivity index (χ0) is 15.6. The largest absolute Gasteiger partial charge is 0.477 e. The molecular formula is C17H19NO3. The lowest BCUT2D eigenvalue weighted by molar-refractivity contribution is 0.0692. The van der Waals surface area contributed by atoms with Gasteiger partial charge in [0.2, 0.25) is 5.88 Å². The van der Waals surface area contributed by atoms with Crippen molar-refractivity contribution in [2.45, 2.75) is 33.6 Å². The fourth-order valence-corrected chi connectivity index (χ4v) is 2.29. The van der Waals surface area contributed by atoms with Crippen LogP contribution < -0.4 is 4.74 Å². The van der Waals surface area contributed by atoms with E-state index in [9.17, 15) is 9.90 Å². The van der Waals surface area contributed by atoms with Crippen LogP contribution in [-0.4, -0.2) is 16.1 Å². The SMILES string of the molecule is Cc1cc(C)c(C(=O)O)c(Oc2ccccc2C(C)C)n1. The molecule has 1 aromatic heterocycles. The lowest BCUT2D eigenvalue weighted by Crippen LogP contribution is -2.07. The number of aromatic nitrogens is 1. The molecule has 0 spiro atoms. The first-order valence-electron chi connectivity index (χ1n) is 6.88. The van der Waals surface area contributed by atoms with Gasteiger partial charge < -0.3 is 9.84 Å². The summed E-state index contributed by atoms with van der Waals surface area (Å²) in [6, 6.07) is 9.35. The number of carboxylic acids is 1. The number of carbonyl (C=O) groups is 1. The second-order valence-electron chi connectivity index (χ2n) is 5.36. The van der Waals surface area contributed by atoms with Crippen LogP contribution in [0.2, 0.25) is 0 Å². The van der Waals surface area contributed by atoms with Crippen LogP contribution in [0.25, 0.3) is 0 Å². The third-order valence-corrected chi connectivity index (χ3v) is 3.27. The molecule has 0 saturated heterocycles. The number of hydrogen-bond acceptors (Lipinski definition) is 3. The van der Waals surface area contributed by atoms with E-state index in [1.165, 1.54) is 0 Å². The highest BCUT2D eigenvalue weighted by atomic mass is 16.5. The Kier molecular flexibility index (Phi) is 4.26. The van der Waals surface area contributed by atoms with E-state index in [-0.39, 0.29) is 17.4 Å². The molecular weight excluding hydrogens is 266 g/mol. The van der Waals surface area contributed by atoms with Gasteiger partial charge in [0.25, 0.3) is 0 Å². The molecule has 0 aliphatic rings. The van der Waals surface area contributed by atoms with E-state index in [1.54, 1.807) is 13.0 Å². The average molecular weight is 285 g/mol. The Morgan fingerprint density at radius 2 is 1.90 bits per heavy atom. The topological polar surface area (TPSA) is 59.4 Å². The highest BCUT2D eigenvalue weighted by molar-refractivity contribution is 5.92. The van der Waals surface area contributed by atoms with Crippen molar-refractivity contribution in [1.29, 1.82) is 0 Å². The first-order chi connectivity index (χ1) is 9.90. The summed E-state index contributed by atoms with van der Waals surface area (Å²) in [7, 11) is 0. The second kappa shape index (κ2) is 5.95. The fourth-order valence-electron chi connectivity index (χ4n) is 2.29. The van der Waals surface area contributed by atoms with Crippen molar-refractivity contribution < 1.29 is 14.6 Å². The molecule has 0 atom stereocenters. The lowest BCUT2D eigenvalue weighted by atomic mass is 10.0. The number of benzene rings is 1. The summed E-state index contributed by atoms with van der Waals surface area (Å²) in [6.07, 6.45) is 0. The van der Waals surface area contributed by atoms with Crippen molar-refractivity contribution >= 4 is 5.97 Å². The molecule has 0 fully saturated rings. The maximum absolute atomic E-state index is 11.4. The standard InChI is InChI=1S/C17H19NO3/c1-10(2)13-7-5-6-8-14(13)21-16-15(17(19)20)11(3)9-12(4)18-16/h5-10H,1-4H3,(H,19,20). The summed E-state index contributed by atoms with van der Waals surface area (Å²) in [4.78, 5) is 15.7. The molecule has 1 heterocycles. The highest BCUT2D eigenvalue weighted by Crippen LogP contribution is 2.32. The number of aryl methyl sites for hydroxylation is 2. The normalized spacial score (nSPS) is 10.7. The molecule has 2 rings (SSSR count). The molecule has 0 amide bonds. The van der Waals surface area contributed by atoms with E-state index in [4.69, 9.17) is 4.74 Å².